The summed E-state index contributed by atoms with van der Waals surface area (Å²) in [7, 11) is 0. The lowest BCUT2D eigenvalue weighted by Gasteiger charge is -2.40. The summed E-state index contributed by atoms with van der Waals surface area (Å²) in [6.45, 7) is 15.8. The average Bonchev–Trinajstić information content (AvgIpc) is 2.45. The van der Waals surface area contributed by atoms with Crippen LogP contribution in [0.25, 0.3) is 0 Å². The van der Waals surface area contributed by atoms with E-state index in [1.54, 1.807) is 13.0 Å². The van der Waals surface area contributed by atoms with Crippen molar-refractivity contribution in [2.75, 3.05) is 0 Å². The van der Waals surface area contributed by atoms with Crippen LogP contribution in [0, 0.1) is 5.92 Å². The van der Waals surface area contributed by atoms with Crippen molar-refractivity contribution < 1.29 is 14.3 Å². The van der Waals surface area contributed by atoms with Crippen LogP contribution < -0.4 is 0 Å². The molecule has 140 valence electrons. The van der Waals surface area contributed by atoms with Crippen LogP contribution in [-0.4, -0.2) is 11.6 Å². The van der Waals surface area contributed by atoms with Crippen molar-refractivity contribution in [1.82, 2.24) is 0 Å². The molecular formula is C22H34O3. The molecule has 0 radical (unpaired) electrons. The number of hydrogen-bond donors (Lipinski definition) is 0. The maximum atomic E-state index is 11.1. The molecule has 0 aromatic rings. The quantitative estimate of drug-likeness (QED) is 0.226. The fourth-order valence-corrected chi connectivity index (χ4v) is 3.32. The maximum Gasteiger partial charge on any atom is 0.307 e. The van der Waals surface area contributed by atoms with E-state index >= 15 is 0 Å². The van der Waals surface area contributed by atoms with Crippen molar-refractivity contribution in [2.24, 2.45) is 5.92 Å². The molecule has 0 aliphatic heterocycles. The third-order valence-electron chi connectivity index (χ3n) is 4.73. The number of rotatable bonds is 8. The molecule has 1 rings (SSSR count). The molecule has 0 spiro atoms. The molecule has 0 heterocycles. The molecule has 0 saturated heterocycles. The number of carbonyl (C=O) groups is 1. The largest absolute Gasteiger partial charge is 0.488 e. The van der Waals surface area contributed by atoms with Gasteiger partial charge < -0.3 is 9.47 Å². The van der Waals surface area contributed by atoms with Gasteiger partial charge in [-0.25, -0.2) is 0 Å². The Bertz CT molecular complexity index is 576. The van der Waals surface area contributed by atoms with Gasteiger partial charge in [0.25, 0.3) is 0 Å². The molecule has 0 bridgehead atoms. The van der Waals surface area contributed by atoms with Crippen molar-refractivity contribution in [2.45, 2.75) is 79.2 Å². The van der Waals surface area contributed by atoms with Crippen LogP contribution in [-0.2, 0) is 14.3 Å². The van der Waals surface area contributed by atoms with E-state index in [9.17, 15) is 4.79 Å². The second-order valence-electron chi connectivity index (χ2n) is 7.57. The summed E-state index contributed by atoms with van der Waals surface area (Å²) in [6, 6.07) is 0. The van der Waals surface area contributed by atoms with Crippen LogP contribution in [0.1, 0.15) is 73.6 Å². The molecule has 2 atom stereocenters. The highest BCUT2D eigenvalue weighted by atomic mass is 16.5. The monoisotopic (exact) mass is 346 g/mol. The molecule has 3 heteroatoms. The van der Waals surface area contributed by atoms with Gasteiger partial charge >= 0.3 is 5.97 Å². The minimum atomic E-state index is -0.333. The van der Waals surface area contributed by atoms with E-state index in [0.29, 0.717) is 17.4 Å². The molecule has 0 fully saturated rings. The first-order valence-corrected chi connectivity index (χ1v) is 9.16. The number of esters is 1. The third kappa shape index (κ3) is 7.76. The average molecular weight is 347 g/mol. The van der Waals surface area contributed by atoms with E-state index in [-0.39, 0.29) is 11.6 Å². The lowest BCUT2D eigenvalue weighted by atomic mass is 9.76. The minimum Gasteiger partial charge on any atom is -0.488 e. The molecule has 1 aliphatic carbocycles. The Hall–Kier alpha value is -1.77. The first-order valence-electron chi connectivity index (χ1n) is 9.16. The van der Waals surface area contributed by atoms with Crippen LogP contribution in [0.15, 0.2) is 47.5 Å². The highest BCUT2D eigenvalue weighted by Gasteiger charge is 2.36. The summed E-state index contributed by atoms with van der Waals surface area (Å²) in [5.41, 5.74) is 2.51. The Kier molecular flexibility index (Phi) is 8.21. The summed E-state index contributed by atoms with van der Waals surface area (Å²) in [4.78, 5) is 11.1. The smallest absolute Gasteiger partial charge is 0.307 e. The van der Waals surface area contributed by atoms with E-state index in [0.717, 1.165) is 32.1 Å². The van der Waals surface area contributed by atoms with Gasteiger partial charge in [-0.2, -0.15) is 0 Å². The van der Waals surface area contributed by atoms with E-state index in [1.807, 2.05) is 0 Å². The van der Waals surface area contributed by atoms with Gasteiger partial charge in [-0.05, 0) is 66.7 Å². The number of carbonyl (C=O) groups excluding carboxylic acids is 1. The number of allylic oxidation sites excluding steroid dienone is 6. The van der Waals surface area contributed by atoms with Gasteiger partial charge in [0.1, 0.15) is 17.1 Å². The summed E-state index contributed by atoms with van der Waals surface area (Å²) in [5.74, 6) is 1.18. The molecule has 3 nitrogen and oxygen atoms in total. The number of ether oxygens (including phenoxy) is 2. The van der Waals surface area contributed by atoms with Gasteiger partial charge in [-0.15, -0.1) is 0 Å². The van der Waals surface area contributed by atoms with E-state index in [2.05, 4.69) is 46.4 Å². The lowest BCUT2D eigenvalue weighted by Crippen LogP contribution is -2.38. The maximum absolute atomic E-state index is 11.1. The molecule has 0 aromatic carbocycles. The van der Waals surface area contributed by atoms with Crippen molar-refractivity contribution >= 4 is 5.97 Å². The molecule has 0 amide bonds. The second-order valence-corrected chi connectivity index (χ2v) is 7.57. The van der Waals surface area contributed by atoms with Gasteiger partial charge in [0.15, 0.2) is 0 Å². The van der Waals surface area contributed by atoms with Gasteiger partial charge in [-0.1, -0.05) is 29.9 Å². The zero-order valence-electron chi connectivity index (χ0n) is 16.8. The fraction of sp³-hybridized carbons (Fsp3) is 0.591. The molecule has 2 unspecified atom stereocenters. The number of hydrogen-bond acceptors (Lipinski definition) is 3. The Balaban J connectivity index is 2.88. The van der Waals surface area contributed by atoms with E-state index < -0.39 is 0 Å². The zero-order chi connectivity index (χ0) is 19.0. The van der Waals surface area contributed by atoms with Crippen molar-refractivity contribution in [1.29, 1.82) is 0 Å². The van der Waals surface area contributed by atoms with Crippen molar-refractivity contribution in [3.05, 3.63) is 47.5 Å². The second kappa shape index (κ2) is 9.65. The minimum absolute atomic E-state index is 0.284. The van der Waals surface area contributed by atoms with E-state index in [1.165, 1.54) is 18.1 Å². The molecule has 0 aromatic heterocycles. The Morgan fingerprint density at radius 3 is 2.56 bits per heavy atom. The Morgan fingerprint density at radius 2 is 2.04 bits per heavy atom. The van der Waals surface area contributed by atoms with Crippen LogP contribution >= 0.6 is 0 Å². The predicted octanol–water partition coefficient (Wildman–Crippen LogP) is 6.24. The first-order chi connectivity index (χ1) is 11.6. The van der Waals surface area contributed by atoms with Gasteiger partial charge in [0.2, 0.25) is 0 Å². The lowest BCUT2D eigenvalue weighted by molar-refractivity contribution is -0.136. The van der Waals surface area contributed by atoms with E-state index in [4.69, 9.17) is 9.47 Å². The van der Waals surface area contributed by atoms with Gasteiger partial charge in [-0.3, -0.25) is 4.79 Å². The molecule has 1 aliphatic rings. The topological polar surface area (TPSA) is 35.5 Å². The SMILES string of the molecule is C=C(/C=C(/C)OC(C)=O)OC(C)(CCC=C(C)C)C1CC=C(C)CC1. The summed E-state index contributed by atoms with van der Waals surface area (Å²) >= 11 is 0. The first kappa shape index (κ1) is 21.3. The predicted molar refractivity (Wildman–Crippen MR) is 104 cm³/mol. The molecule has 25 heavy (non-hydrogen) atoms. The zero-order valence-corrected chi connectivity index (χ0v) is 16.8. The summed E-state index contributed by atoms with van der Waals surface area (Å²) in [6.07, 6.45) is 11.5. The molecule has 0 N–H and O–H groups in total. The highest BCUT2D eigenvalue weighted by Crippen LogP contribution is 2.39. The Labute approximate surface area is 153 Å². The van der Waals surface area contributed by atoms with Crippen LogP contribution in [0.2, 0.25) is 0 Å². The molecule has 0 saturated carbocycles. The molecular weight excluding hydrogens is 312 g/mol. The van der Waals surface area contributed by atoms with Crippen molar-refractivity contribution in [3.8, 4) is 0 Å². The third-order valence-corrected chi connectivity index (χ3v) is 4.73. The standard InChI is InChI=1S/C22H34O3/c1-16(2)9-8-14-22(7,21-12-10-17(3)11-13-21)25-19(5)15-18(4)24-20(6)23/h9-10,15,21H,5,8,11-14H2,1-4,6-7H3/b18-15-. The van der Waals surface area contributed by atoms with Crippen molar-refractivity contribution in [3.63, 3.8) is 0 Å². The summed E-state index contributed by atoms with van der Waals surface area (Å²) in [5, 5.41) is 0. The van der Waals surface area contributed by atoms with Gasteiger partial charge in [0, 0.05) is 18.9 Å². The van der Waals surface area contributed by atoms with Gasteiger partial charge in [0.05, 0.1) is 0 Å². The fourth-order valence-electron chi connectivity index (χ4n) is 3.32. The summed E-state index contributed by atoms with van der Waals surface area (Å²) < 4.78 is 11.4. The van der Waals surface area contributed by atoms with Crippen LogP contribution in [0.4, 0.5) is 0 Å². The Morgan fingerprint density at radius 1 is 1.36 bits per heavy atom. The van der Waals surface area contributed by atoms with Crippen LogP contribution in [0.3, 0.4) is 0 Å². The highest BCUT2D eigenvalue weighted by molar-refractivity contribution is 5.67. The van der Waals surface area contributed by atoms with Crippen LogP contribution in [0.5, 0.6) is 0 Å². The normalized spacial score (nSPS) is 20.2.